The Labute approximate surface area is 143 Å². The number of benzene rings is 1. The van der Waals surface area contributed by atoms with Gasteiger partial charge in [-0.2, -0.15) is 0 Å². The predicted octanol–water partition coefficient (Wildman–Crippen LogP) is 0.956. The Morgan fingerprint density at radius 1 is 1.17 bits per heavy atom. The van der Waals surface area contributed by atoms with Crippen LogP contribution in [0.25, 0.3) is 0 Å². The summed E-state index contributed by atoms with van der Waals surface area (Å²) in [6, 6.07) is 8.12. The number of hydrogen-bond donors (Lipinski definition) is 1. The summed E-state index contributed by atoms with van der Waals surface area (Å²) in [7, 11) is 4.83. The first-order valence-electron chi connectivity index (χ1n) is 8.09. The average Bonchev–Trinajstić information content (AvgIpc) is 2.65. The van der Waals surface area contributed by atoms with Gasteiger partial charge in [0.1, 0.15) is 5.75 Å². The molecule has 0 saturated carbocycles. The standard InChI is InChI=1S/C17H26N4O3/c1-18-17(19-9-8-16(22)24-3)21-12-10-20(11-13-21)14-4-6-15(23-2)7-5-14/h4-7H,8-13H2,1-3H3,(H,18,19). The molecule has 132 valence electrons. The summed E-state index contributed by atoms with van der Waals surface area (Å²) in [5.41, 5.74) is 1.20. The quantitative estimate of drug-likeness (QED) is 0.491. The zero-order chi connectivity index (χ0) is 17.4. The van der Waals surface area contributed by atoms with E-state index in [0.29, 0.717) is 13.0 Å². The number of aliphatic imine (C=N–C) groups is 1. The number of anilines is 1. The highest BCUT2D eigenvalue weighted by Crippen LogP contribution is 2.20. The number of hydrogen-bond acceptors (Lipinski definition) is 5. The zero-order valence-corrected chi connectivity index (χ0v) is 14.6. The van der Waals surface area contributed by atoms with Crippen molar-refractivity contribution in [3.8, 4) is 5.75 Å². The minimum absolute atomic E-state index is 0.220. The van der Waals surface area contributed by atoms with Crippen LogP contribution >= 0.6 is 0 Å². The molecule has 0 radical (unpaired) electrons. The Bertz CT molecular complexity index is 551. The summed E-state index contributed by atoms with van der Waals surface area (Å²) in [5.74, 6) is 1.48. The highest BCUT2D eigenvalue weighted by Gasteiger charge is 2.19. The first-order valence-corrected chi connectivity index (χ1v) is 8.09. The Morgan fingerprint density at radius 2 is 1.83 bits per heavy atom. The van der Waals surface area contributed by atoms with Crippen molar-refractivity contribution >= 4 is 17.6 Å². The van der Waals surface area contributed by atoms with Crippen LogP contribution in [0.1, 0.15) is 6.42 Å². The molecule has 0 unspecified atom stereocenters. The van der Waals surface area contributed by atoms with Crippen LogP contribution in [0.3, 0.4) is 0 Å². The van der Waals surface area contributed by atoms with Crippen molar-refractivity contribution in [1.82, 2.24) is 10.2 Å². The summed E-state index contributed by atoms with van der Waals surface area (Å²) in [6.45, 7) is 4.12. The molecule has 0 aliphatic carbocycles. The lowest BCUT2D eigenvalue weighted by atomic mass is 10.2. The number of carbonyl (C=O) groups is 1. The van der Waals surface area contributed by atoms with E-state index in [-0.39, 0.29) is 5.97 Å². The van der Waals surface area contributed by atoms with E-state index in [1.54, 1.807) is 14.2 Å². The van der Waals surface area contributed by atoms with Gasteiger partial charge in [-0.1, -0.05) is 0 Å². The molecule has 0 amide bonds. The molecule has 1 aromatic rings. The Hall–Kier alpha value is -2.44. The van der Waals surface area contributed by atoms with Crippen LogP contribution in [-0.2, 0) is 9.53 Å². The third kappa shape index (κ3) is 4.78. The van der Waals surface area contributed by atoms with Gasteiger partial charge >= 0.3 is 5.97 Å². The highest BCUT2D eigenvalue weighted by molar-refractivity contribution is 5.80. The molecule has 1 fully saturated rings. The topological polar surface area (TPSA) is 66.4 Å². The van der Waals surface area contributed by atoms with Crippen LogP contribution < -0.4 is 15.0 Å². The summed E-state index contributed by atoms with van der Waals surface area (Å²) in [4.78, 5) is 20.0. The molecule has 1 aliphatic heterocycles. The van der Waals surface area contributed by atoms with Crippen molar-refractivity contribution in [1.29, 1.82) is 0 Å². The fourth-order valence-electron chi connectivity index (χ4n) is 2.68. The van der Waals surface area contributed by atoms with Gasteiger partial charge < -0.3 is 24.6 Å². The van der Waals surface area contributed by atoms with Crippen molar-refractivity contribution < 1.29 is 14.3 Å². The van der Waals surface area contributed by atoms with Gasteiger partial charge in [-0.3, -0.25) is 9.79 Å². The summed E-state index contributed by atoms with van der Waals surface area (Å²) >= 11 is 0. The zero-order valence-electron chi connectivity index (χ0n) is 14.6. The Balaban J connectivity index is 1.82. The van der Waals surface area contributed by atoms with Gasteiger partial charge in [-0.15, -0.1) is 0 Å². The maximum absolute atomic E-state index is 11.2. The molecule has 0 aromatic heterocycles. The molecule has 1 saturated heterocycles. The normalized spacial score (nSPS) is 15.2. The van der Waals surface area contributed by atoms with E-state index in [2.05, 4.69) is 37.0 Å². The number of methoxy groups -OCH3 is 2. The van der Waals surface area contributed by atoms with E-state index < -0.39 is 0 Å². The van der Waals surface area contributed by atoms with Crippen molar-refractivity contribution in [3.05, 3.63) is 24.3 Å². The Kier molecular flexibility index (Phi) is 6.72. The van der Waals surface area contributed by atoms with E-state index in [1.807, 2.05) is 12.1 Å². The predicted molar refractivity (Wildman–Crippen MR) is 94.8 cm³/mol. The molecular formula is C17H26N4O3. The summed E-state index contributed by atoms with van der Waals surface area (Å²) in [5, 5.41) is 3.21. The second-order valence-electron chi connectivity index (χ2n) is 5.47. The molecule has 7 heteroatoms. The third-order valence-electron chi connectivity index (χ3n) is 4.07. The van der Waals surface area contributed by atoms with Gasteiger partial charge in [-0.25, -0.2) is 0 Å². The monoisotopic (exact) mass is 334 g/mol. The highest BCUT2D eigenvalue weighted by atomic mass is 16.5. The maximum Gasteiger partial charge on any atom is 0.307 e. The van der Waals surface area contributed by atoms with Crippen LogP contribution in [0, 0.1) is 0 Å². The smallest absolute Gasteiger partial charge is 0.307 e. The van der Waals surface area contributed by atoms with E-state index in [1.165, 1.54) is 12.8 Å². The molecule has 0 spiro atoms. The van der Waals surface area contributed by atoms with Crippen LogP contribution in [0.5, 0.6) is 5.75 Å². The third-order valence-corrected chi connectivity index (χ3v) is 4.07. The molecule has 0 atom stereocenters. The summed E-state index contributed by atoms with van der Waals surface area (Å²) < 4.78 is 9.84. The lowest BCUT2D eigenvalue weighted by Gasteiger charge is -2.37. The van der Waals surface area contributed by atoms with Crippen LogP contribution in [0.15, 0.2) is 29.3 Å². The second kappa shape index (κ2) is 9.00. The van der Waals surface area contributed by atoms with Crippen molar-refractivity contribution in [2.24, 2.45) is 4.99 Å². The number of piperazine rings is 1. The van der Waals surface area contributed by atoms with Gasteiger partial charge in [0.15, 0.2) is 5.96 Å². The fourth-order valence-corrected chi connectivity index (χ4v) is 2.68. The lowest BCUT2D eigenvalue weighted by molar-refractivity contribution is -0.140. The second-order valence-corrected chi connectivity index (χ2v) is 5.47. The first kappa shape index (κ1) is 17.9. The number of guanidine groups is 1. The fraction of sp³-hybridized carbons (Fsp3) is 0.529. The molecule has 24 heavy (non-hydrogen) atoms. The van der Waals surface area contributed by atoms with E-state index >= 15 is 0 Å². The van der Waals surface area contributed by atoms with Gasteiger partial charge in [-0.05, 0) is 24.3 Å². The molecule has 0 bridgehead atoms. The van der Waals surface area contributed by atoms with Crippen molar-refractivity contribution in [2.75, 3.05) is 58.9 Å². The molecule has 7 nitrogen and oxygen atoms in total. The number of ether oxygens (including phenoxy) is 2. The van der Waals surface area contributed by atoms with E-state index in [0.717, 1.165) is 37.9 Å². The lowest BCUT2D eigenvalue weighted by Crippen LogP contribution is -2.52. The van der Waals surface area contributed by atoms with E-state index in [9.17, 15) is 4.79 Å². The van der Waals surface area contributed by atoms with Gasteiger partial charge in [0, 0.05) is 45.5 Å². The van der Waals surface area contributed by atoms with E-state index in [4.69, 9.17) is 4.74 Å². The largest absolute Gasteiger partial charge is 0.497 e. The molecule has 1 aromatic carbocycles. The molecule has 1 N–H and O–H groups in total. The molecule has 1 heterocycles. The number of carbonyl (C=O) groups excluding carboxylic acids is 1. The minimum atomic E-state index is -0.220. The van der Waals surface area contributed by atoms with Crippen LogP contribution in [-0.4, -0.2) is 70.8 Å². The van der Waals surface area contributed by atoms with Crippen LogP contribution in [0.2, 0.25) is 0 Å². The maximum atomic E-state index is 11.2. The van der Waals surface area contributed by atoms with Crippen molar-refractivity contribution in [3.63, 3.8) is 0 Å². The van der Waals surface area contributed by atoms with Gasteiger partial charge in [0.25, 0.3) is 0 Å². The minimum Gasteiger partial charge on any atom is -0.497 e. The number of rotatable bonds is 5. The summed E-state index contributed by atoms with van der Waals surface area (Å²) in [6.07, 6.45) is 0.335. The Morgan fingerprint density at radius 3 is 2.38 bits per heavy atom. The number of nitrogens with one attached hydrogen (secondary N) is 1. The SMILES string of the molecule is CN=C(NCCC(=O)OC)N1CCN(c2ccc(OC)cc2)CC1. The molecule has 1 aliphatic rings. The van der Waals surface area contributed by atoms with Gasteiger partial charge in [0.05, 0.1) is 20.6 Å². The van der Waals surface area contributed by atoms with Crippen LogP contribution in [0.4, 0.5) is 5.69 Å². The van der Waals surface area contributed by atoms with Gasteiger partial charge in [0.2, 0.25) is 0 Å². The molecule has 2 rings (SSSR count). The first-order chi connectivity index (χ1) is 11.7. The number of esters is 1. The van der Waals surface area contributed by atoms with Crippen molar-refractivity contribution in [2.45, 2.75) is 6.42 Å². The molecular weight excluding hydrogens is 308 g/mol. The number of nitrogens with zero attached hydrogens (tertiary/aromatic N) is 3. The average molecular weight is 334 g/mol.